The predicted octanol–water partition coefficient (Wildman–Crippen LogP) is 2.65. The van der Waals surface area contributed by atoms with Gasteiger partial charge in [0.15, 0.2) is 0 Å². The first-order chi connectivity index (χ1) is 5.75. The molecule has 12 heavy (non-hydrogen) atoms. The molecule has 0 amide bonds. The van der Waals surface area contributed by atoms with Gasteiger partial charge in [-0.1, -0.05) is 28.1 Å². The lowest BCUT2D eigenvalue weighted by Crippen LogP contribution is -2.34. The Balaban J connectivity index is 2.13. The zero-order valence-electron chi connectivity index (χ0n) is 6.83. The van der Waals surface area contributed by atoms with E-state index < -0.39 is 0 Å². The highest BCUT2D eigenvalue weighted by atomic mass is 79.9. The number of rotatable bonds is 1. The average molecular weight is 226 g/mol. The SMILES string of the molecule is NC1CC(c2cccc(Br)c2)C1. The van der Waals surface area contributed by atoms with Crippen LogP contribution in [0.4, 0.5) is 0 Å². The second-order valence-corrected chi connectivity index (χ2v) is 4.40. The summed E-state index contributed by atoms with van der Waals surface area (Å²) in [5.74, 6) is 0.706. The molecule has 1 aliphatic rings. The normalized spacial score (nSPS) is 28.2. The molecule has 0 unspecified atom stereocenters. The third-order valence-corrected chi connectivity index (χ3v) is 2.99. The zero-order valence-corrected chi connectivity index (χ0v) is 8.42. The fourth-order valence-electron chi connectivity index (χ4n) is 1.69. The van der Waals surface area contributed by atoms with Crippen molar-refractivity contribution in [3.05, 3.63) is 34.3 Å². The van der Waals surface area contributed by atoms with Gasteiger partial charge in [0.05, 0.1) is 0 Å². The first kappa shape index (κ1) is 8.27. The van der Waals surface area contributed by atoms with Gasteiger partial charge >= 0.3 is 0 Å². The summed E-state index contributed by atoms with van der Waals surface area (Å²) in [6, 6.07) is 8.96. The Morgan fingerprint density at radius 3 is 2.67 bits per heavy atom. The van der Waals surface area contributed by atoms with Gasteiger partial charge in [0.1, 0.15) is 0 Å². The zero-order chi connectivity index (χ0) is 8.55. The number of hydrogen-bond donors (Lipinski definition) is 1. The molecule has 2 rings (SSSR count). The summed E-state index contributed by atoms with van der Waals surface area (Å²) in [5, 5.41) is 0. The number of benzene rings is 1. The van der Waals surface area contributed by atoms with Gasteiger partial charge in [-0.25, -0.2) is 0 Å². The van der Waals surface area contributed by atoms with Gasteiger partial charge in [-0.2, -0.15) is 0 Å². The van der Waals surface area contributed by atoms with Gasteiger partial charge < -0.3 is 5.73 Å². The molecular formula is C10H12BrN. The summed E-state index contributed by atoms with van der Waals surface area (Å²) < 4.78 is 1.17. The third-order valence-electron chi connectivity index (χ3n) is 2.49. The summed E-state index contributed by atoms with van der Waals surface area (Å²) in [4.78, 5) is 0. The fourth-order valence-corrected chi connectivity index (χ4v) is 2.11. The van der Waals surface area contributed by atoms with E-state index in [9.17, 15) is 0 Å². The summed E-state index contributed by atoms with van der Waals surface area (Å²) in [6.45, 7) is 0. The Labute approximate surface area is 81.1 Å². The molecule has 1 aliphatic carbocycles. The molecule has 0 heterocycles. The summed E-state index contributed by atoms with van der Waals surface area (Å²) in [7, 11) is 0. The van der Waals surface area contributed by atoms with Gasteiger partial charge in [0.25, 0.3) is 0 Å². The maximum Gasteiger partial charge on any atom is 0.0178 e. The molecule has 1 fully saturated rings. The number of nitrogens with two attached hydrogens (primary N) is 1. The molecule has 0 aromatic heterocycles. The topological polar surface area (TPSA) is 26.0 Å². The van der Waals surface area contributed by atoms with E-state index in [4.69, 9.17) is 5.73 Å². The quantitative estimate of drug-likeness (QED) is 0.782. The largest absolute Gasteiger partial charge is 0.328 e. The average Bonchev–Trinajstić information content (AvgIpc) is 1.99. The molecule has 0 spiro atoms. The summed E-state index contributed by atoms with van der Waals surface area (Å²) in [6.07, 6.45) is 2.30. The lowest BCUT2D eigenvalue weighted by Gasteiger charge is -2.32. The second-order valence-electron chi connectivity index (χ2n) is 3.48. The Kier molecular flexibility index (Phi) is 2.20. The Morgan fingerprint density at radius 2 is 2.08 bits per heavy atom. The van der Waals surface area contributed by atoms with Crippen LogP contribution in [0.2, 0.25) is 0 Å². The molecular weight excluding hydrogens is 214 g/mol. The van der Waals surface area contributed by atoms with Crippen molar-refractivity contribution in [2.45, 2.75) is 24.8 Å². The number of hydrogen-bond acceptors (Lipinski definition) is 1. The van der Waals surface area contributed by atoms with Crippen molar-refractivity contribution in [2.75, 3.05) is 0 Å². The fraction of sp³-hybridized carbons (Fsp3) is 0.400. The minimum Gasteiger partial charge on any atom is -0.328 e. The van der Waals surface area contributed by atoms with Gasteiger partial charge in [-0.3, -0.25) is 0 Å². The molecule has 0 aliphatic heterocycles. The molecule has 0 bridgehead atoms. The highest BCUT2D eigenvalue weighted by Gasteiger charge is 2.26. The highest BCUT2D eigenvalue weighted by molar-refractivity contribution is 9.10. The Hall–Kier alpha value is -0.340. The third kappa shape index (κ3) is 1.54. The van der Waals surface area contributed by atoms with Crippen molar-refractivity contribution in [3.8, 4) is 0 Å². The van der Waals surface area contributed by atoms with Gasteiger partial charge in [-0.15, -0.1) is 0 Å². The molecule has 1 nitrogen and oxygen atoms in total. The first-order valence-corrected chi connectivity index (χ1v) is 5.06. The minimum absolute atomic E-state index is 0.439. The number of halogens is 1. The van der Waals surface area contributed by atoms with Crippen molar-refractivity contribution >= 4 is 15.9 Å². The van der Waals surface area contributed by atoms with Crippen molar-refractivity contribution in [1.29, 1.82) is 0 Å². The van der Waals surface area contributed by atoms with Crippen LogP contribution in [-0.2, 0) is 0 Å². The molecule has 2 heteroatoms. The standard InChI is InChI=1S/C10H12BrN/c11-9-3-1-2-7(4-9)8-5-10(12)6-8/h1-4,8,10H,5-6,12H2. The lowest BCUT2D eigenvalue weighted by atomic mass is 9.76. The van der Waals surface area contributed by atoms with Crippen LogP contribution in [0, 0.1) is 0 Å². The van der Waals surface area contributed by atoms with E-state index in [1.165, 1.54) is 10.0 Å². The van der Waals surface area contributed by atoms with E-state index in [1.54, 1.807) is 0 Å². The molecule has 64 valence electrons. The van der Waals surface area contributed by atoms with Crippen molar-refractivity contribution in [2.24, 2.45) is 5.73 Å². The summed E-state index contributed by atoms with van der Waals surface area (Å²) in [5.41, 5.74) is 7.15. The van der Waals surface area contributed by atoms with Crippen LogP contribution in [0.15, 0.2) is 28.7 Å². The van der Waals surface area contributed by atoms with Crippen LogP contribution in [0.25, 0.3) is 0 Å². The van der Waals surface area contributed by atoms with Crippen molar-refractivity contribution in [1.82, 2.24) is 0 Å². The van der Waals surface area contributed by atoms with Crippen LogP contribution >= 0.6 is 15.9 Å². The highest BCUT2D eigenvalue weighted by Crippen LogP contribution is 2.36. The molecule has 1 aromatic carbocycles. The maximum atomic E-state index is 5.73. The molecule has 0 atom stereocenters. The van der Waals surface area contributed by atoms with Crippen LogP contribution in [-0.4, -0.2) is 6.04 Å². The Morgan fingerprint density at radius 1 is 1.33 bits per heavy atom. The van der Waals surface area contributed by atoms with Gasteiger partial charge in [0.2, 0.25) is 0 Å². The molecule has 1 saturated carbocycles. The lowest BCUT2D eigenvalue weighted by molar-refractivity contribution is 0.351. The second kappa shape index (κ2) is 3.19. The van der Waals surface area contributed by atoms with Crippen molar-refractivity contribution < 1.29 is 0 Å². The van der Waals surface area contributed by atoms with E-state index in [1.807, 2.05) is 0 Å². The van der Waals surface area contributed by atoms with Gasteiger partial charge in [-0.05, 0) is 36.5 Å². The van der Waals surface area contributed by atoms with E-state index >= 15 is 0 Å². The first-order valence-electron chi connectivity index (χ1n) is 4.27. The smallest absolute Gasteiger partial charge is 0.0178 e. The molecule has 1 aromatic rings. The predicted molar refractivity (Wildman–Crippen MR) is 54.1 cm³/mol. The molecule has 0 saturated heterocycles. The van der Waals surface area contributed by atoms with Crippen molar-refractivity contribution in [3.63, 3.8) is 0 Å². The summed E-state index contributed by atoms with van der Waals surface area (Å²) >= 11 is 3.47. The van der Waals surface area contributed by atoms with Crippen LogP contribution in [0.1, 0.15) is 24.3 Å². The monoisotopic (exact) mass is 225 g/mol. The maximum absolute atomic E-state index is 5.73. The van der Waals surface area contributed by atoms with E-state index in [0.29, 0.717) is 12.0 Å². The van der Waals surface area contributed by atoms with Crippen LogP contribution < -0.4 is 5.73 Å². The molecule has 2 N–H and O–H groups in total. The van der Waals surface area contributed by atoms with E-state index in [2.05, 4.69) is 40.2 Å². The van der Waals surface area contributed by atoms with E-state index in [0.717, 1.165) is 12.8 Å². The van der Waals surface area contributed by atoms with Gasteiger partial charge in [0, 0.05) is 10.5 Å². The van der Waals surface area contributed by atoms with Crippen LogP contribution in [0.5, 0.6) is 0 Å². The Bertz CT molecular complexity index is 279. The van der Waals surface area contributed by atoms with E-state index in [-0.39, 0.29) is 0 Å². The van der Waals surface area contributed by atoms with Crippen LogP contribution in [0.3, 0.4) is 0 Å². The molecule has 0 radical (unpaired) electrons. The minimum atomic E-state index is 0.439.